The minimum atomic E-state index is -0.242. The number of hydrogen-bond acceptors (Lipinski definition) is 2. The van der Waals surface area contributed by atoms with E-state index < -0.39 is 0 Å². The molecule has 5 heteroatoms. The first kappa shape index (κ1) is 14.3. The van der Waals surface area contributed by atoms with E-state index in [-0.39, 0.29) is 5.82 Å². The Balaban J connectivity index is 2.16. The van der Waals surface area contributed by atoms with Crippen LogP contribution in [0.3, 0.4) is 0 Å². The predicted molar refractivity (Wildman–Crippen MR) is 84.8 cm³/mol. The van der Waals surface area contributed by atoms with Crippen molar-refractivity contribution in [3.63, 3.8) is 0 Å². The second-order valence-electron chi connectivity index (χ2n) is 5.41. The highest BCUT2D eigenvalue weighted by Gasteiger charge is 2.11. The molecule has 4 nitrogen and oxygen atoms in total. The second kappa shape index (κ2) is 5.26. The van der Waals surface area contributed by atoms with Crippen LogP contribution in [0.15, 0.2) is 42.5 Å². The molecule has 0 radical (unpaired) electrons. The Bertz CT molecular complexity index is 916. The first-order valence-corrected chi connectivity index (χ1v) is 7.04. The first-order valence-electron chi connectivity index (χ1n) is 7.04. The van der Waals surface area contributed by atoms with Gasteiger partial charge in [-0.2, -0.15) is 0 Å². The van der Waals surface area contributed by atoms with Crippen LogP contribution in [0.1, 0.15) is 18.2 Å². The van der Waals surface area contributed by atoms with Crippen LogP contribution in [0.2, 0.25) is 0 Å². The Hall–Kier alpha value is -2.69. The number of benzene rings is 1. The fourth-order valence-electron chi connectivity index (χ4n) is 2.74. The highest BCUT2D eigenvalue weighted by molar-refractivity contribution is 5.90. The van der Waals surface area contributed by atoms with E-state index in [0.717, 1.165) is 22.3 Å². The van der Waals surface area contributed by atoms with Crippen molar-refractivity contribution >= 4 is 16.9 Å². The Kier molecular flexibility index (Phi) is 3.41. The van der Waals surface area contributed by atoms with E-state index in [2.05, 4.69) is 4.57 Å². The van der Waals surface area contributed by atoms with Gasteiger partial charge in [-0.05, 0) is 49.7 Å². The van der Waals surface area contributed by atoms with Gasteiger partial charge in [-0.15, -0.1) is 0 Å². The number of aromatic nitrogens is 2. The zero-order chi connectivity index (χ0) is 15.9. The number of fused-ring (bicyclic) bond motifs is 1. The third kappa shape index (κ3) is 2.35. The summed E-state index contributed by atoms with van der Waals surface area (Å²) in [6, 6.07) is 12.0. The average Bonchev–Trinajstić information content (AvgIpc) is 2.76. The van der Waals surface area contributed by atoms with Crippen LogP contribution in [0.5, 0.6) is 0 Å². The number of hydrogen-bond donors (Lipinski definition) is 2. The minimum absolute atomic E-state index is 0.242. The molecule has 3 aromatic rings. The van der Waals surface area contributed by atoms with Gasteiger partial charge in [0.05, 0.1) is 11.0 Å². The molecule has 0 atom stereocenters. The molecule has 0 fully saturated rings. The molecule has 0 aliphatic carbocycles. The molecule has 0 aliphatic heterocycles. The van der Waals surface area contributed by atoms with E-state index in [0.29, 0.717) is 17.9 Å². The van der Waals surface area contributed by atoms with E-state index in [9.17, 15) is 4.39 Å². The Morgan fingerprint density at radius 1 is 1.09 bits per heavy atom. The number of aryl methyl sites for hydroxylation is 1. The fourth-order valence-corrected chi connectivity index (χ4v) is 2.74. The van der Waals surface area contributed by atoms with Gasteiger partial charge in [0.1, 0.15) is 17.1 Å². The smallest absolute Gasteiger partial charge is 0.130 e. The number of pyridine rings is 1. The lowest BCUT2D eigenvalue weighted by molar-refractivity contribution is 0.626. The van der Waals surface area contributed by atoms with E-state index in [1.807, 2.05) is 19.1 Å². The zero-order valence-electron chi connectivity index (χ0n) is 12.5. The van der Waals surface area contributed by atoms with Crippen molar-refractivity contribution in [1.29, 1.82) is 10.8 Å². The molecule has 0 amide bonds. The molecule has 1 aromatic carbocycles. The summed E-state index contributed by atoms with van der Waals surface area (Å²) in [6.07, 6.45) is 0. The zero-order valence-corrected chi connectivity index (χ0v) is 12.5. The molecule has 0 spiro atoms. The summed E-state index contributed by atoms with van der Waals surface area (Å²) in [7, 11) is 0. The van der Waals surface area contributed by atoms with E-state index in [4.69, 9.17) is 10.8 Å². The fraction of sp³-hybridized carbons (Fsp3) is 0.176. The van der Waals surface area contributed by atoms with Crippen LogP contribution in [-0.2, 0) is 6.54 Å². The number of rotatable bonds is 2. The Labute approximate surface area is 127 Å². The standard InChI is InChI=1S/C17H17FN4/c1-11-9-16-15(7-8-17(20)22(16)12(2)19)21(11)10-13-3-5-14(18)6-4-13/h3-9,19-20H,10H2,1-2H3. The summed E-state index contributed by atoms with van der Waals surface area (Å²) in [5.41, 5.74) is 4.15. The van der Waals surface area contributed by atoms with Gasteiger partial charge in [0.2, 0.25) is 0 Å². The Morgan fingerprint density at radius 3 is 2.41 bits per heavy atom. The number of nitrogens with one attached hydrogen (secondary N) is 2. The normalized spacial score (nSPS) is 11.0. The summed E-state index contributed by atoms with van der Waals surface area (Å²) < 4.78 is 16.8. The summed E-state index contributed by atoms with van der Waals surface area (Å²) in [5.74, 6) is 0.0727. The number of halogens is 1. The maximum absolute atomic E-state index is 13.0. The van der Waals surface area contributed by atoms with Crippen molar-refractivity contribution in [2.24, 2.45) is 0 Å². The third-order valence-corrected chi connectivity index (χ3v) is 3.79. The van der Waals surface area contributed by atoms with Gasteiger partial charge in [-0.3, -0.25) is 15.4 Å². The van der Waals surface area contributed by atoms with E-state index >= 15 is 0 Å². The van der Waals surface area contributed by atoms with Crippen LogP contribution < -0.4 is 5.49 Å². The molecule has 2 N–H and O–H groups in total. The molecule has 0 unspecified atom stereocenters. The maximum atomic E-state index is 13.0. The van der Waals surface area contributed by atoms with Crippen LogP contribution in [-0.4, -0.2) is 15.0 Å². The second-order valence-corrected chi connectivity index (χ2v) is 5.41. The van der Waals surface area contributed by atoms with Crippen molar-refractivity contribution < 1.29 is 4.39 Å². The van der Waals surface area contributed by atoms with Gasteiger partial charge >= 0.3 is 0 Å². The topological polar surface area (TPSA) is 57.6 Å². The van der Waals surface area contributed by atoms with Crippen molar-refractivity contribution in [2.45, 2.75) is 20.4 Å². The quantitative estimate of drug-likeness (QED) is 0.539. The van der Waals surface area contributed by atoms with Crippen LogP contribution in [0.25, 0.3) is 11.0 Å². The summed E-state index contributed by atoms with van der Waals surface area (Å²) >= 11 is 0. The van der Waals surface area contributed by atoms with E-state index in [1.54, 1.807) is 29.7 Å². The molecule has 0 saturated carbocycles. The maximum Gasteiger partial charge on any atom is 0.130 e. The highest BCUT2D eigenvalue weighted by atomic mass is 19.1. The van der Waals surface area contributed by atoms with Crippen molar-refractivity contribution in [3.05, 3.63) is 65.0 Å². The lowest BCUT2D eigenvalue weighted by Gasteiger charge is -2.10. The van der Waals surface area contributed by atoms with Gasteiger partial charge in [-0.1, -0.05) is 12.1 Å². The van der Waals surface area contributed by atoms with Gasteiger partial charge in [-0.25, -0.2) is 4.39 Å². The van der Waals surface area contributed by atoms with Crippen molar-refractivity contribution in [1.82, 2.24) is 9.13 Å². The molecule has 0 bridgehead atoms. The van der Waals surface area contributed by atoms with Gasteiger partial charge < -0.3 is 4.57 Å². The monoisotopic (exact) mass is 296 g/mol. The molecule has 3 rings (SSSR count). The molecule has 0 saturated heterocycles. The number of nitrogens with zero attached hydrogens (tertiary/aromatic N) is 2. The molecular weight excluding hydrogens is 279 g/mol. The van der Waals surface area contributed by atoms with Crippen LogP contribution >= 0.6 is 0 Å². The summed E-state index contributed by atoms with van der Waals surface area (Å²) in [5, 5.41) is 15.9. The predicted octanol–water partition coefficient (Wildman–Crippen LogP) is 3.26. The first-order chi connectivity index (χ1) is 10.5. The molecule has 22 heavy (non-hydrogen) atoms. The van der Waals surface area contributed by atoms with Crippen molar-refractivity contribution in [2.75, 3.05) is 0 Å². The molecule has 2 heterocycles. The van der Waals surface area contributed by atoms with Crippen molar-refractivity contribution in [3.8, 4) is 0 Å². The molecule has 2 aromatic heterocycles. The van der Waals surface area contributed by atoms with Crippen LogP contribution in [0.4, 0.5) is 4.39 Å². The summed E-state index contributed by atoms with van der Waals surface area (Å²) in [4.78, 5) is 0. The lowest BCUT2D eigenvalue weighted by atomic mass is 10.2. The summed E-state index contributed by atoms with van der Waals surface area (Å²) in [6.45, 7) is 4.30. The third-order valence-electron chi connectivity index (χ3n) is 3.79. The highest BCUT2D eigenvalue weighted by Crippen LogP contribution is 2.20. The molecule has 0 aliphatic rings. The Morgan fingerprint density at radius 2 is 1.77 bits per heavy atom. The lowest BCUT2D eigenvalue weighted by Crippen LogP contribution is -2.24. The van der Waals surface area contributed by atoms with Gasteiger partial charge in [0.15, 0.2) is 0 Å². The molecule has 112 valence electrons. The van der Waals surface area contributed by atoms with Gasteiger partial charge in [0.25, 0.3) is 0 Å². The largest absolute Gasteiger partial charge is 0.339 e. The average molecular weight is 296 g/mol. The van der Waals surface area contributed by atoms with Gasteiger partial charge in [0, 0.05) is 12.2 Å². The van der Waals surface area contributed by atoms with E-state index in [1.165, 1.54) is 12.1 Å². The molecular formula is C17H17FN4. The minimum Gasteiger partial charge on any atom is -0.339 e. The SMILES string of the molecule is CC(=N)n1c(=N)ccc2c1cc(C)n2Cc1ccc(F)cc1. The van der Waals surface area contributed by atoms with Crippen LogP contribution in [0, 0.1) is 23.6 Å².